The summed E-state index contributed by atoms with van der Waals surface area (Å²) in [5.74, 6) is -0.115. The number of aromatic nitrogens is 1. The molecule has 4 nitrogen and oxygen atoms in total. The molecular formula is C18H19ClFN3O. The standard InChI is InChI=1S/C18H19ClFN3O/c19-14-5-6-16(20)15(10-14)18(24)22-12-13-4-7-17(21-11-13)23-8-2-1-3-9-23/h4-7,10-11H,1-3,8-9,12H2,(H,22,24). The highest BCUT2D eigenvalue weighted by molar-refractivity contribution is 6.31. The van der Waals surface area contributed by atoms with Gasteiger partial charge in [0.25, 0.3) is 5.91 Å². The van der Waals surface area contributed by atoms with Gasteiger partial charge >= 0.3 is 0 Å². The third-order valence-corrected chi connectivity index (χ3v) is 4.35. The van der Waals surface area contributed by atoms with Crippen molar-refractivity contribution in [2.45, 2.75) is 25.8 Å². The molecular weight excluding hydrogens is 329 g/mol. The first-order chi connectivity index (χ1) is 11.6. The minimum Gasteiger partial charge on any atom is -0.357 e. The molecule has 0 bridgehead atoms. The number of carbonyl (C=O) groups is 1. The molecule has 24 heavy (non-hydrogen) atoms. The third kappa shape index (κ3) is 4.03. The molecule has 1 amide bonds. The molecule has 0 radical (unpaired) electrons. The van der Waals surface area contributed by atoms with Gasteiger partial charge in [0.1, 0.15) is 11.6 Å². The predicted octanol–water partition coefficient (Wildman–Crippen LogP) is 3.79. The zero-order valence-electron chi connectivity index (χ0n) is 13.3. The highest BCUT2D eigenvalue weighted by Gasteiger charge is 2.13. The van der Waals surface area contributed by atoms with E-state index < -0.39 is 11.7 Å². The number of hydrogen-bond acceptors (Lipinski definition) is 3. The van der Waals surface area contributed by atoms with Crippen molar-refractivity contribution >= 4 is 23.3 Å². The van der Waals surface area contributed by atoms with Crippen LogP contribution in [0.5, 0.6) is 0 Å². The number of carbonyl (C=O) groups excluding carboxylic acids is 1. The zero-order chi connectivity index (χ0) is 16.9. The maximum absolute atomic E-state index is 13.7. The fourth-order valence-electron chi connectivity index (χ4n) is 2.78. The maximum atomic E-state index is 13.7. The summed E-state index contributed by atoms with van der Waals surface area (Å²) < 4.78 is 13.7. The van der Waals surface area contributed by atoms with Crippen molar-refractivity contribution in [1.82, 2.24) is 10.3 Å². The van der Waals surface area contributed by atoms with Crippen LogP contribution in [0.2, 0.25) is 5.02 Å². The number of anilines is 1. The van der Waals surface area contributed by atoms with Crippen LogP contribution in [-0.4, -0.2) is 24.0 Å². The molecule has 1 aliphatic heterocycles. The van der Waals surface area contributed by atoms with Crippen LogP contribution in [-0.2, 0) is 6.54 Å². The van der Waals surface area contributed by atoms with E-state index in [9.17, 15) is 9.18 Å². The van der Waals surface area contributed by atoms with Crippen LogP contribution in [0.1, 0.15) is 35.2 Å². The van der Waals surface area contributed by atoms with Crippen molar-refractivity contribution in [3.8, 4) is 0 Å². The van der Waals surface area contributed by atoms with Crippen LogP contribution in [0, 0.1) is 5.82 Å². The molecule has 0 atom stereocenters. The summed E-state index contributed by atoms with van der Waals surface area (Å²) in [4.78, 5) is 18.8. The largest absolute Gasteiger partial charge is 0.357 e. The van der Waals surface area contributed by atoms with E-state index in [2.05, 4.69) is 15.2 Å². The van der Waals surface area contributed by atoms with E-state index in [1.807, 2.05) is 12.1 Å². The fraction of sp³-hybridized carbons (Fsp3) is 0.333. The number of hydrogen-bond donors (Lipinski definition) is 1. The van der Waals surface area contributed by atoms with E-state index in [1.165, 1.54) is 37.5 Å². The van der Waals surface area contributed by atoms with Crippen LogP contribution in [0.4, 0.5) is 10.2 Å². The minimum atomic E-state index is -0.588. The maximum Gasteiger partial charge on any atom is 0.254 e. The van der Waals surface area contributed by atoms with Crippen molar-refractivity contribution < 1.29 is 9.18 Å². The van der Waals surface area contributed by atoms with Crippen molar-refractivity contribution in [2.24, 2.45) is 0 Å². The Kier molecular flexibility index (Phi) is 5.30. The van der Waals surface area contributed by atoms with E-state index in [-0.39, 0.29) is 12.1 Å². The number of pyridine rings is 1. The highest BCUT2D eigenvalue weighted by atomic mass is 35.5. The first kappa shape index (κ1) is 16.7. The summed E-state index contributed by atoms with van der Waals surface area (Å²) in [6.45, 7) is 2.37. The second-order valence-corrected chi connectivity index (χ2v) is 6.32. The van der Waals surface area contributed by atoms with Crippen molar-refractivity contribution in [3.05, 3.63) is 58.5 Å². The Morgan fingerprint density at radius 2 is 2.00 bits per heavy atom. The van der Waals surface area contributed by atoms with Crippen LogP contribution < -0.4 is 10.2 Å². The smallest absolute Gasteiger partial charge is 0.254 e. The Bertz CT molecular complexity index is 715. The number of amides is 1. The van der Waals surface area contributed by atoms with Gasteiger partial charge in [0.05, 0.1) is 5.56 Å². The average Bonchev–Trinajstić information content (AvgIpc) is 2.63. The molecule has 0 saturated carbocycles. The average molecular weight is 348 g/mol. The van der Waals surface area contributed by atoms with Gasteiger partial charge in [0.2, 0.25) is 0 Å². The lowest BCUT2D eigenvalue weighted by molar-refractivity contribution is 0.0947. The van der Waals surface area contributed by atoms with Gasteiger partial charge in [0, 0.05) is 30.9 Å². The number of rotatable bonds is 4. The van der Waals surface area contributed by atoms with Gasteiger partial charge in [-0.05, 0) is 49.1 Å². The Labute approximate surface area is 145 Å². The summed E-state index contributed by atoms with van der Waals surface area (Å²) in [6, 6.07) is 7.82. The summed E-state index contributed by atoms with van der Waals surface area (Å²) >= 11 is 5.81. The minimum absolute atomic E-state index is 0.0552. The monoisotopic (exact) mass is 347 g/mol. The van der Waals surface area contributed by atoms with Crippen LogP contribution in [0.15, 0.2) is 36.5 Å². The molecule has 2 heterocycles. The second-order valence-electron chi connectivity index (χ2n) is 5.88. The lowest BCUT2D eigenvalue weighted by Gasteiger charge is -2.27. The number of benzene rings is 1. The van der Waals surface area contributed by atoms with Gasteiger partial charge < -0.3 is 10.2 Å². The Balaban J connectivity index is 1.60. The van der Waals surface area contributed by atoms with E-state index >= 15 is 0 Å². The number of piperidine rings is 1. The third-order valence-electron chi connectivity index (χ3n) is 4.12. The Hall–Kier alpha value is -2.14. The molecule has 1 aromatic heterocycles. The summed E-state index contributed by atoms with van der Waals surface area (Å²) in [5, 5.41) is 3.02. The number of halogens is 2. The molecule has 0 unspecified atom stereocenters. The second kappa shape index (κ2) is 7.62. The summed E-state index contributed by atoms with van der Waals surface area (Å²) in [7, 11) is 0. The molecule has 1 aromatic carbocycles. The molecule has 2 aromatic rings. The molecule has 1 saturated heterocycles. The van der Waals surface area contributed by atoms with Crippen molar-refractivity contribution in [2.75, 3.05) is 18.0 Å². The predicted molar refractivity (Wildman–Crippen MR) is 92.9 cm³/mol. The number of nitrogens with one attached hydrogen (secondary N) is 1. The van der Waals surface area contributed by atoms with E-state index in [1.54, 1.807) is 6.20 Å². The quantitative estimate of drug-likeness (QED) is 0.915. The molecule has 0 spiro atoms. The molecule has 1 N–H and O–H groups in total. The molecule has 126 valence electrons. The molecule has 6 heteroatoms. The summed E-state index contributed by atoms with van der Waals surface area (Å²) in [5.41, 5.74) is 0.812. The topological polar surface area (TPSA) is 45.2 Å². The van der Waals surface area contributed by atoms with E-state index in [0.29, 0.717) is 5.02 Å². The highest BCUT2D eigenvalue weighted by Crippen LogP contribution is 2.18. The van der Waals surface area contributed by atoms with Crippen LogP contribution >= 0.6 is 11.6 Å². The Morgan fingerprint density at radius 1 is 1.21 bits per heavy atom. The van der Waals surface area contributed by atoms with Gasteiger partial charge in [-0.3, -0.25) is 4.79 Å². The zero-order valence-corrected chi connectivity index (χ0v) is 14.0. The molecule has 1 fully saturated rings. The fourth-order valence-corrected chi connectivity index (χ4v) is 2.95. The molecule has 0 aliphatic carbocycles. The van der Waals surface area contributed by atoms with Gasteiger partial charge in [-0.25, -0.2) is 9.37 Å². The SMILES string of the molecule is O=C(NCc1ccc(N2CCCCC2)nc1)c1cc(Cl)ccc1F. The van der Waals surface area contributed by atoms with Crippen LogP contribution in [0.25, 0.3) is 0 Å². The van der Waals surface area contributed by atoms with Gasteiger partial charge in [-0.1, -0.05) is 17.7 Å². The lowest BCUT2D eigenvalue weighted by Crippen LogP contribution is -2.30. The van der Waals surface area contributed by atoms with Crippen molar-refractivity contribution in [1.29, 1.82) is 0 Å². The summed E-state index contributed by atoms with van der Waals surface area (Å²) in [6.07, 6.45) is 5.43. The van der Waals surface area contributed by atoms with Crippen LogP contribution in [0.3, 0.4) is 0 Å². The molecule has 3 rings (SSSR count). The first-order valence-electron chi connectivity index (χ1n) is 8.06. The normalized spacial score (nSPS) is 14.5. The van der Waals surface area contributed by atoms with Gasteiger partial charge in [-0.2, -0.15) is 0 Å². The van der Waals surface area contributed by atoms with Gasteiger partial charge in [0.15, 0.2) is 0 Å². The lowest BCUT2D eigenvalue weighted by atomic mass is 10.1. The molecule has 1 aliphatic rings. The first-order valence-corrected chi connectivity index (χ1v) is 8.44. The Morgan fingerprint density at radius 3 is 2.71 bits per heavy atom. The van der Waals surface area contributed by atoms with E-state index in [0.717, 1.165) is 24.5 Å². The van der Waals surface area contributed by atoms with Crippen molar-refractivity contribution in [3.63, 3.8) is 0 Å². The van der Waals surface area contributed by atoms with E-state index in [4.69, 9.17) is 11.6 Å². The number of nitrogens with zero attached hydrogens (tertiary/aromatic N) is 2. The van der Waals surface area contributed by atoms with Gasteiger partial charge in [-0.15, -0.1) is 0 Å².